The summed E-state index contributed by atoms with van der Waals surface area (Å²) in [4.78, 5) is 32.8. The van der Waals surface area contributed by atoms with Gasteiger partial charge in [-0.1, -0.05) is 6.07 Å². The normalized spacial score (nSPS) is 12.1. The topological polar surface area (TPSA) is 111 Å². The Morgan fingerprint density at radius 2 is 2.15 bits per heavy atom. The van der Waals surface area contributed by atoms with Crippen LogP contribution in [0.4, 0.5) is 11.4 Å². The minimum Gasteiger partial charge on any atom is -0.464 e. The molecule has 0 spiro atoms. The van der Waals surface area contributed by atoms with E-state index in [1.165, 1.54) is 31.2 Å². The number of carbonyl (C=O) groups is 2. The van der Waals surface area contributed by atoms with Crippen molar-refractivity contribution < 1.29 is 19.2 Å². The van der Waals surface area contributed by atoms with Crippen molar-refractivity contribution in [2.45, 2.75) is 19.9 Å². The molecule has 8 heteroatoms. The summed E-state index contributed by atoms with van der Waals surface area (Å²) in [6, 6.07) is 4.03. The van der Waals surface area contributed by atoms with Crippen LogP contribution in [0.15, 0.2) is 34.5 Å². The van der Waals surface area contributed by atoms with Gasteiger partial charge in [0.1, 0.15) is 0 Å². The Bertz CT molecular complexity index is 556. The molecule has 0 fully saturated rings. The van der Waals surface area contributed by atoms with Gasteiger partial charge in [0.15, 0.2) is 5.78 Å². The second-order valence-electron chi connectivity index (χ2n) is 3.76. The van der Waals surface area contributed by atoms with Crippen molar-refractivity contribution in [1.82, 2.24) is 0 Å². The number of esters is 1. The molecule has 1 rings (SSSR count). The molecule has 1 aromatic rings. The molecule has 0 aliphatic carbocycles. The standard InChI is InChI=1S/C12H13N3O5/c1-3-20-12(17)11(8(2)16)14-13-9-5-4-6-10(7-9)15(18)19/h4-7,11H,3H2,1-2H3. The van der Waals surface area contributed by atoms with E-state index in [-0.39, 0.29) is 18.0 Å². The van der Waals surface area contributed by atoms with Gasteiger partial charge in [-0.15, -0.1) is 0 Å². The fraction of sp³-hybridized carbons (Fsp3) is 0.333. The summed E-state index contributed by atoms with van der Waals surface area (Å²) in [5.74, 6) is -1.31. The highest BCUT2D eigenvalue weighted by Gasteiger charge is 2.24. The molecule has 0 aliphatic rings. The van der Waals surface area contributed by atoms with Crippen LogP contribution in [-0.2, 0) is 14.3 Å². The molecule has 8 nitrogen and oxygen atoms in total. The van der Waals surface area contributed by atoms with Crippen molar-refractivity contribution in [2.24, 2.45) is 10.2 Å². The molecule has 0 bridgehead atoms. The van der Waals surface area contributed by atoms with Gasteiger partial charge < -0.3 is 4.74 Å². The highest BCUT2D eigenvalue weighted by Crippen LogP contribution is 2.20. The molecule has 1 aromatic carbocycles. The third kappa shape index (κ3) is 4.23. The number of benzene rings is 1. The minimum absolute atomic E-state index is 0.120. The zero-order chi connectivity index (χ0) is 15.1. The first kappa shape index (κ1) is 15.4. The molecule has 1 atom stereocenters. The van der Waals surface area contributed by atoms with E-state index in [2.05, 4.69) is 10.2 Å². The molecule has 0 heterocycles. The average Bonchev–Trinajstić information content (AvgIpc) is 2.39. The Morgan fingerprint density at radius 3 is 2.70 bits per heavy atom. The van der Waals surface area contributed by atoms with Gasteiger partial charge >= 0.3 is 5.97 Å². The molecule has 106 valence electrons. The minimum atomic E-state index is -1.35. The van der Waals surface area contributed by atoms with Crippen molar-refractivity contribution in [3.63, 3.8) is 0 Å². The monoisotopic (exact) mass is 279 g/mol. The van der Waals surface area contributed by atoms with Gasteiger partial charge in [-0.05, 0) is 19.9 Å². The van der Waals surface area contributed by atoms with E-state index < -0.39 is 22.7 Å². The summed E-state index contributed by atoms with van der Waals surface area (Å²) in [5.41, 5.74) is 0.0201. The first-order valence-corrected chi connectivity index (χ1v) is 5.78. The number of ether oxygens (including phenoxy) is 1. The van der Waals surface area contributed by atoms with Crippen LogP contribution in [0, 0.1) is 10.1 Å². The van der Waals surface area contributed by atoms with Crippen molar-refractivity contribution in [2.75, 3.05) is 6.61 Å². The quantitative estimate of drug-likeness (QED) is 0.260. The maximum absolute atomic E-state index is 11.5. The Morgan fingerprint density at radius 1 is 1.45 bits per heavy atom. The molecule has 0 amide bonds. The molecule has 0 saturated carbocycles. The summed E-state index contributed by atoms with van der Waals surface area (Å²) in [6.07, 6.45) is 0. The van der Waals surface area contributed by atoms with Crippen LogP contribution >= 0.6 is 0 Å². The van der Waals surface area contributed by atoms with Crippen molar-refractivity contribution >= 4 is 23.1 Å². The third-order valence-corrected chi connectivity index (χ3v) is 2.22. The lowest BCUT2D eigenvalue weighted by Crippen LogP contribution is -2.28. The summed E-state index contributed by atoms with van der Waals surface area (Å²) < 4.78 is 4.69. The number of non-ortho nitro benzene ring substituents is 1. The smallest absolute Gasteiger partial charge is 0.340 e. The van der Waals surface area contributed by atoms with E-state index in [1.807, 2.05) is 0 Å². The summed E-state index contributed by atoms with van der Waals surface area (Å²) in [6.45, 7) is 2.91. The largest absolute Gasteiger partial charge is 0.464 e. The Kier molecular flexibility index (Phi) is 5.45. The average molecular weight is 279 g/mol. The Labute approximate surface area is 114 Å². The maximum Gasteiger partial charge on any atom is 0.340 e. The van der Waals surface area contributed by atoms with Gasteiger partial charge in [0, 0.05) is 12.1 Å². The molecule has 0 radical (unpaired) electrons. The first-order chi connectivity index (χ1) is 9.45. The number of rotatable bonds is 6. The van der Waals surface area contributed by atoms with Crippen molar-refractivity contribution in [3.05, 3.63) is 34.4 Å². The van der Waals surface area contributed by atoms with Crippen LogP contribution in [0.3, 0.4) is 0 Å². The summed E-state index contributed by atoms with van der Waals surface area (Å²) in [7, 11) is 0. The van der Waals surface area contributed by atoms with Gasteiger partial charge in [-0.3, -0.25) is 14.9 Å². The Hall–Kier alpha value is -2.64. The SMILES string of the molecule is CCOC(=O)C(N=Nc1cccc([N+](=O)[O-])c1)C(C)=O. The molecular weight excluding hydrogens is 266 g/mol. The number of nitrogens with zero attached hydrogens (tertiary/aromatic N) is 3. The molecule has 0 aliphatic heterocycles. The lowest BCUT2D eigenvalue weighted by molar-refractivity contribution is -0.384. The van der Waals surface area contributed by atoms with E-state index in [0.29, 0.717) is 0 Å². The maximum atomic E-state index is 11.5. The van der Waals surface area contributed by atoms with Gasteiger partial charge in [-0.25, -0.2) is 4.79 Å². The summed E-state index contributed by atoms with van der Waals surface area (Å²) >= 11 is 0. The zero-order valence-electron chi connectivity index (χ0n) is 11.0. The van der Waals surface area contributed by atoms with Crippen LogP contribution in [0.5, 0.6) is 0 Å². The van der Waals surface area contributed by atoms with Crippen LogP contribution in [0.2, 0.25) is 0 Å². The van der Waals surface area contributed by atoms with Crippen molar-refractivity contribution in [1.29, 1.82) is 0 Å². The molecule has 0 N–H and O–H groups in total. The molecule has 0 saturated heterocycles. The molecular formula is C12H13N3O5. The van der Waals surface area contributed by atoms with Gasteiger partial charge in [0.25, 0.3) is 5.69 Å². The highest BCUT2D eigenvalue weighted by atomic mass is 16.6. The van der Waals surface area contributed by atoms with E-state index in [0.717, 1.165) is 0 Å². The lowest BCUT2D eigenvalue weighted by Gasteiger charge is -2.06. The van der Waals surface area contributed by atoms with E-state index in [9.17, 15) is 19.7 Å². The van der Waals surface area contributed by atoms with Crippen LogP contribution in [0.1, 0.15) is 13.8 Å². The second kappa shape index (κ2) is 7.07. The van der Waals surface area contributed by atoms with Crippen LogP contribution in [-0.4, -0.2) is 29.3 Å². The van der Waals surface area contributed by atoms with Crippen molar-refractivity contribution in [3.8, 4) is 0 Å². The van der Waals surface area contributed by atoms with Gasteiger partial charge in [0.2, 0.25) is 6.04 Å². The number of azo groups is 1. The number of carbonyl (C=O) groups excluding carboxylic acids is 2. The van der Waals surface area contributed by atoms with E-state index in [4.69, 9.17) is 4.74 Å². The number of ketones is 1. The summed E-state index contributed by atoms with van der Waals surface area (Å²) in [5, 5.41) is 17.9. The second-order valence-corrected chi connectivity index (χ2v) is 3.76. The number of nitro groups is 1. The zero-order valence-corrected chi connectivity index (χ0v) is 11.0. The molecule has 1 unspecified atom stereocenters. The molecule has 0 aromatic heterocycles. The van der Waals surface area contributed by atoms with E-state index >= 15 is 0 Å². The third-order valence-electron chi connectivity index (χ3n) is 2.22. The van der Waals surface area contributed by atoms with Gasteiger partial charge in [-0.2, -0.15) is 10.2 Å². The van der Waals surface area contributed by atoms with Crippen LogP contribution < -0.4 is 0 Å². The number of nitro benzene ring substituents is 1. The number of Topliss-reactive ketones (excluding diaryl/α,β-unsaturated/α-hetero) is 1. The molecule has 20 heavy (non-hydrogen) atoms. The van der Waals surface area contributed by atoms with Gasteiger partial charge in [0.05, 0.1) is 17.2 Å². The van der Waals surface area contributed by atoms with E-state index in [1.54, 1.807) is 6.92 Å². The number of hydrogen-bond donors (Lipinski definition) is 0. The predicted molar refractivity (Wildman–Crippen MR) is 68.7 cm³/mol. The first-order valence-electron chi connectivity index (χ1n) is 5.78. The fourth-order valence-corrected chi connectivity index (χ4v) is 1.31. The highest BCUT2D eigenvalue weighted by molar-refractivity contribution is 6.02. The predicted octanol–water partition coefficient (Wildman–Crippen LogP) is 2.20. The Balaban J connectivity index is 2.93. The fourth-order valence-electron chi connectivity index (χ4n) is 1.31. The lowest BCUT2D eigenvalue weighted by atomic mass is 10.2. The number of hydrogen-bond acceptors (Lipinski definition) is 7. The van der Waals surface area contributed by atoms with Crippen LogP contribution in [0.25, 0.3) is 0 Å².